The standard InChI is InChI=1S/C25H26F3N5O4/c1-24(2,3)37-23(35)31-17-11-12-33(14-17)18-10-9-16(13-29-18)30-21(34)19-20(25(26,27)28)36-22(32-19)15-7-5-4-6-8-15/h4-10,13,17H,11-12,14H2,1-3H3,(H,30,34)(H,31,35)/t17-/m1/s1. The predicted molar refractivity (Wildman–Crippen MR) is 129 cm³/mol. The molecule has 3 aromatic rings. The van der Waals surface area contributed by atoms with Gasteiger partial charge in [-0.05, 0) is 51.5 Å². The van der Waals surface area contributed by atoms with Crippen LogP contribution in [0, 0.1) is 0 Å². The van der Waals surface area contributed by atoms with E-state index in [-0.39, 0.29) is 17.6 Å². The van der Waals surface area contributed by atoms with E-state index in [1.165, 1.54) is 24.4 Å². The van der Waals surface area contributed by atoms with Gasteiger partial charge in [0.2, 0.25) is 11.7 Å². The minimum atomic E-state index is -4.91. The van der Waals surface area contributed by atoms with Gasteiger partial charge in [-0.25, -0.2) is 14.8 Å². The minimum Gasteiger partial charge on any atom is -0.444 e. The number of anilines is 2. The number of alkyl carbamates (subject to hydrolysis) is 1. The number of ether oxygens (including phenoxy) is 1. The molecule has 2 amide bonds. The van der Waals surface area contributed by atoms with E-state index in [1.54, 1.807) is 45.0 Å². The van der Waals surface area contributed by atoms with Crippen LogP contribution in [0.4, 0.5) is 29.5 Å². The quantitative estimate of drug-likeness (QED) is 0.484. The van der Waals surface area contributed by atoms with Gasteiger partial charge in [0.1, 0.15) is 11.4 Å². The topological polar surface area (TPSA) is 110 Å². The number of nitrogens with zero attached hydrogens (tertiary/aromatic N) is 3. The summed E-state index contributed by atoms with van der Waals surface area (Å²) in [7, 11) is 0. The molecule has 9 nitrogen and oxygen atoms in total. The number of oxazole rings is 1. The van der Waals surface area contributed by atoms with E-state index in [4.69, 9.17) is 9.15 Å². The van der Waals surface area contributed by atoms with Crippen LogP contribution in [0.15, 0.2) is 53.1 Å². The van der Waals surface area contributed by atoms with Crippen molar-refractivity contribution in [1.29, 1.82) is 0 Å². The highest BCUT2D eigenvalue weighted by Crippen LogP contribution is 2.35. The third-order valence-electron chi connectivity index (χ3n) is 5.36. The number of pyridine rings is 1. The third kappa shape index (κ3) is 6.57. The van der Waals surface area contributed by atoms with Crippen molar-refractivity contribution in [3.63, 3.8) is 0 Å². The summed E-state index contributed by atoms with van der Waals surface area (Å²) in [6, 6.07) is 11.0. The van der Waals surface area contributed by atoms with E-state index in [2.05, 4.69) is 20.6 Å². The van der Waals surface area contributed by atoms with Gasteiger partial charge >= 0.3 is 12.3 Å². The Bertz CT molecular complexity index is 1250. The van der Waals surface area contributed by atoms with Crippen LogP contribution in [0.25, 0.3) is 11.5 Å². The number of benzene rings is 1. The molecule has 0 aliphatic carbocycles. The van der Waals surface area contributed by atoms with Gasteiger partial charge in [-0.3, -0.25) is 4.79 Å². The van der Waals surface area contributed by atoms with Crippen molar-refractivity contribution < 1.29 is 31.9 Å². The molecule has 4 rings (SSSR count). The lowest BCUT2D eigenvalue weighted by molar-refractivity contribution is -0.153. The van der Waals surface area contributed by atoms with Crippen molar-refractivity contribution >= 4 is 23.5 Å². The number of carbonyl (C=O) groups is 2. The molecule has 1 aliphatic heterocycles. The van der Waals surface area contributed by atoms with Crippen LogP contribution >= 0.6 is 0 Å². The molecule has 1 aliphatic rings. The first-order valence-electron chi connectivity index (χ1n) is 11.5. The van der Waals surface area contributed by atoms with Crippen molar-refractivity contribution in [3.05, 3.63) is 60.1 Å². The molecule has 1 saturated heterocycles. The fourth-order valence-electron chi connectivity index (χ4n) is 3.77. The van der Waals surface area contributed by atoms with Gasteiger partial charge in [-0.1, -0.05) is 18.2 Å². The van der Waals surface area contributed by atoms with E-state index in [0.29, 0.717) is 30.9 Å². The summed E-state index contributed by atoms with van der Waals surface area (Å²) >= 11 is 0. The summed E-state index contributed by atoms with van der Waals surface area (Å²) in [6.07, 6.45) is -3.37. The molecule has 0 bridgehead atoms. The number of halogens is 3. The molecule has 1 fully saturated rings. The van der Waals surface area contributed by atoms with E-state index >= 15 is 0 Å². The number of nitrogens with one attached hydrogen (secondary N) is 2. The zero-order valence-electron chi connectivity index (χ0n) is 20.4. The van der Waals surface area contributed by atoms with Gasteiger partial charge in [-0.15, -0.1) is 0 Å². The van der Waals surface area contributed by atoms with Crippen molar-refractivity contribution in [2.75, 3.05) is 23.3 Å². The maximum Gasteiger partial charge on any atom is 0.452 e. The molecule has 1 atom stereocenters. The minimum absolute atomic E-state index is 0.122. The first-order chi connectivity index (χ1) is 17.4. The number of hydrogen-bond donors (Lipinski definition) is 2. The second-order valence-electron chi connectivity index (χ2n) is 9.50. The SMILES string of the molecule is CC(C)(C)OC(=O)N[C@@H]1CCN(c2ccc(NC(=O)c3nc(-c4ccccc4)oc3C(F)(F)F)cn2)C1. The molecule has 0 radical (unpaired) electrons. The molecule has 0 saturated carbocycles. The van der Waals surface area contributed by atoms with Crippen molar-refractivity contribution in [3.8, 4) is 11.5 Å². The second-order valence-corrected chi connectivity index (χ2v) is 9.50. The number of aromatic nitrogens is 2. The normalized spacial score (nSPS) is 15.9. The first kappa shape index (κ1) is 26.0. The number of amides is 2. The molecular weight excluding hydrogens is 491 g/mol. The molecule has 0 unspecified atom stereocenters. The smallest absolute Gasteiger partial charge is 0.444 e. The average molecular weight is 518 g/mol. The Morgan fingerprint density at radius 1 is 1.11 bits per heavy atom. The lowest BCUT2D eigenvalue weighted by Crippen LogP contribution is -2.40. The Morgan fingerprint density at radius 2 is 1.84 bits per heavy atom. The van der Waals surface area contributed by atoms with Crippen LogP contribution in [0.2, 0.25) is 0 Å². The summed E-state index contributed by atoms with van der Waals surface area (Å²) in [6.45, 7) is 6.50. The zero-order valence-corrected chi connectivity index (χ0v) is 20.4. The van der Waals surface area contributed by atoms with E-state index in [1.807, 2.05) is 4.90 Å². The fraction of sp³-hybridized carbons (Fsp3) is 0.360. The Labute approximate surface area is 211 Å². The van der Waals surface area contributed by atoms with Gasteiger partial charge in [0.25, 0.3) is 5.91 Å². The fourth-order valence-corrected chi connectivity index (χ4v) is 3.77. The third-order valence-corrected chi connectivity index (χ3v) is 5.36. The lowest BCUT2D eigenvalue weighted by atomic mass is 10.2. The zero-order chi connectivity index (χ0) is 26.8. The molecule has 196 valence electrons. The van der Waals surface area contributed by atoms with Gasteiger partial charge in [0, 0.05) is 18.7 Å². The average Bonchev–Trinajstić information content (AvgIpc) is 3.46. The van der Waals surface area contributed by atoms with Gasteiger partial charge < -0.3 is 24.7 Å². The Morgan fingerprint density at radius 3 is 2.46 bits per heavy atom. The summed E-state index contributed by atoms with van der Waals surface area (Å²) in [5.74, 6) is -2.27. The largest absolute Gasteiger partial charge is 0.452 e. The highest BCUT2D eigenvalue weighted by molar-refractivity contribution is 6.04. The lowest BCUT2D eigenvalue weighted by Gasteiger charge is -2.22. The molecular formula is C25H26F3N5O4. The second kappa shape index (κ2) is 10.1. The molecule has 37 heavy (non-hydrogen) atoms. The molecule has 1 aromatic carbocycles. The molecule has 2 aromatic heterocycles. The highest BCUT2D eigenvalue weighted by Gasteiger charge is 2.42. The summed E-state index contributed by atoms with van der Waals surface area (Å²) in [5.41, 5.74) is -0.969. The summed E-state index contributed by atoms with van der Waals surface area (Å²) < 4.78 is 50.8. The highest BCUT2D eigenvalue weighted by atomic mass is 19.4. The van der Waals surface area contributed by atoms with Gasteiger partial charge in [0.05, 0.1) is 17.9 Å². The van der Waals surface area contributed by atoms with Crippen molar-refractivity contribution in [2.45, 2.75) is 45.0 Å². The summed E-state index contributed by atoms with van der Waals surface area (Å²) in [4.78, 5) is 34.7. The van der Waals surface area contributed by atoms with E-state index < -0.39 is 35.2 Å². The monoisotopic (exact) mass is 517 g/mol. The first-order valence-corrected chi connectivity index (χ1v) is 11.5. The maximum absolute atomic E-state index is 13.5. The maximum atomic E-state index is 13.5. The van der Waals surface area contributed by atoms with Crippen molar-refractivity contribution in [2.24, 2.45) is 0 Å². The number of carbonyl (C=O) groups excluding carboxylic acids is 2. The van der Waals surface area contributed by atoms with E-state index in [9.17, 15) is 22.8 Å². The Balaban J connectivity index is 1.41. The van der Waals surface area contributed by atoms with Crippen LogP contribution in [0.5, 0.6) is 0 Å². The van der Waals surface area contributed by atoms with Crippen molar-refractivity contribution in [1.82, 2.24) is 15.3 Å². The van der Waals surface area contributed by atoms with Crippen LogP contribution in [-0.2, 0) is 10.9 Å². The Kier molecular flexibility index (Phi) is 7.10. The number of hydrogen-bond acceptors (Lipinski definition) is 7. The predicted octanol–water partition coefficient (Wildman–Crippen LogP) is 5.11. The van der Waals surface area contributed by atoms with Crippen LogP contribution < -0.4 is 15.5 Å². The molecule has 2 N–H and O–H groups in total. The molecule has 3 heterocycles. The molecule has 0 spiro atoms. The summed E-state index contributed by atoms with van der Waals surface area (Å²) in [5, 5.41) is 5.22. The number of rotatable bonds is 5. The van der Waals surface area contributed by atoms with Crippen LogP contribution in [0.3, 0.4) is 0 Å². The van der Waals surface area contributed by atoms with Crippen LogP contribution in [-0.4, -0.2) is 46.7 Å². The van der Waals surface area contributed by atoms with Gasteiger partial charge in [-0.2, -0.15) is 13.2 Å². The Hall–Kier alpha value is -4.09. The van der Waals surface area contributed by atoms with E-state index in [0.717, 1.165) is 0 Å². The number of alkyl halides is 3. The van der Waals surface area contributed by atoms with Gasteiger partial charge in [0.15, 0.2) is 5.69 Å². The van der Waals surface area contributed by atoms with Crippen LogP contribution in [0.1, 0.15) is 43.4 Å². The molecule has 12 heteroatoms.